The number of rotatable bonds is 8. The maximum absolute atomic E-state index is 12.8. The fraction of sp³-hybridized carbons (Fsp3) is 0.245. The highest BCUT2D eigenvalue weighted by Gasteiger charge is 2.42. The lowest BCUT2D eigenvalue weighted by Gasteiger charge is -2.19. The van der Waals surface area contributed by atoms with Gasteiger partial charge in [-0.2, -0.15) is 4.79 Å². The number of benzene rings is 3. The van der Waals surface area contributed by atoms with Gasteiger partial charge in [-0.3, -0.25) is 18.5 Å². The summed E-state index contributed by atoms with van der Waals surface area (Å²) < 4.78 is 41.4. The standard InChI is InChI=1S/C20H20ClN5O4.C14H8ClN5.C13H8ClN5O2.C5H9N2O4P.CH4/c1-5-29-18(27)17-15-9-14-16(19(28)30-20(2,3)4)22-10-25(14)12-7-6-11(21)8-13(12)26(15)24-23-17;1-2-11-13-6-10-7-17-18-20(10)14-5-9(15)3-4-12(14)19(13)8-16-11;14-7-1-2-9-10(3-7)19-8(5-16-17-19)4-11-12(13(20)21)15-6-18(9)11;1-4(8)5(7-6)12(9,10-2)11-3;/h6-8,10H,5,9H2,1-4H3;1,3-5,7-8H,6H2;1-3,5-6H,4H2,(H,20,21);1-3H3;1H4. The molecule has 27 nitrogen and oxygen atoms in total. The van der Waals surface area contributed by atoms with E-state index >= 15 is 0 Å². The summed E-state index contributed by atoms with van der Waals surface area (Å²) in [5.41, 5.74) is 16.9. The number of fused-ring (bicyclic) bond motifs is 15. The lowest BCUT2D eigenvalue weighted by Crippen LogP contribution is -2.25. The third-order valence-corrected chi connectivity index (χ3v) is 15.0. The molecule has 0 aliphatic carbocycles. The summed E-state index contributed by atoms with van der Waals surface area (Å²) in [5, 5.41) is 35.2. The quantitative estimate of drug-likeness (QED) is 0.0374. The van der Waals surface area contributed by atoms with E-state index in [0.717, 1.165) is 61.0 Å². The Bertz CT molecular complexity index is 4210. The Kier molecular flexibility index (Phi) is 17.9. The predicted molar refractivity (Wildman–Crippen MR) is 303 cm³/mol. The molecule has 3 aliphatic rings. The summed E-state index contributed by atoms with van der Waals surface area (Å²) in [7, 11) is -1.51. The lowest BCUT2D eigenvalue weighted by molar-refractivity contribution is -0.114. The van der Waals surface area contributed by atoms with Crippen LogP contribution in [-0.2, 0) is 47.1 Å². The topological polar surface area (TPSA) is 324 Å². The molecule has 9 aromatic rings. The molecule has 12 rings (SSSR count). The van der Waals surface area contributed by atoms with E-state index < -0.39 is 42.3 Å². The summed E-state index contributed by atoms with van der Waals surface area (Å²) in [6, 6.07) is 16.2. The highest BCUT2D eigenvalue weighted by Crippen LogP contribution is 2.47. The first kappa shape index (κ1) is 60.8. The number of halogens is 3. The number of carboxylic acids is 1. The summed E-state index contributed by atoms with van der Waals surface area (Å²) in [6.07, 6.45) is 14.8. The van der Waals surface area contributed by atoms with Crippen molar-refractivity contribution in [3.63, 3.8) is 0 Å². The number of carbonyl (C=O) groups is 4. The number of ether oxygens (including phenoxy) is 2. The number of nitrogens with zero attached hydrogens (tertiary/aromatic N) is 17. The molecule has 31 heteroatoms. The van der Waals surface area contributed by atoms with Crippen LogP contribution >= 0.6 is 42.4 Å². The van der Waals surface area contributed by atoms with Gasteiger partial charge in [0.05, 0.1) is 87.3 Å². The average molecular weight is 1220 g/mol. The number of esters is 2. The van der Waals surface area contributed by atoms with Gasteiger partial charge in [-0.1, -0.05) is 57.9 Å². The molecule has 0 saturated carbocycles. The molecule has 0 amide bonds. The van der Waals surface area contributed by atoms with Crippen LogP contribution < -0.4 is 0 Å². The van der Waals surface area contributed by atoms with Crippen molar-refractivity contribution in [2.24, 2.45) is 0 Å². The molecule has 0 fully saturated rings. The van der Waals surface area contributed by atoms with Crippen molar-refractivity contribution in [1.29, 1.82) is 0 Å². The Labute approximate surface area is 492 Å². The summed E-state index contributed by atoms with van der Waals surface area (Å²) in [5.74, 6) is -0.237. The minimum Gasteiger partial charge on any atom is -0.476 e. The lowest BCUT2D eigenvalue weighted by atomic mass is 10.1. The second kappa shape index (κ2) is 24.7. The van der Waals surface area contributed by atoms with Crippen molar-refractivity contribution in [1.82, 2.24) is 73.6 Å². The van der Waals surface area contributed by atoms with Crippen LogP contribution in [0.1, 0.15) is 113 Å². The summed E-state index contributed by atoms with van der Waals surface area (Å²) in [4.78, 5) is 62.4. The van der Waals surface area contributed by atoms with E-state index in [0.29, 0.717) is 62.1 Å². The second-order valence-corrected chi connectivity index (χ2v) is 22.2. The van der Waals surface area contributed by atoms with Gasteiger partial charge in [0.1, 0.15) is 30.3 Å². The maximum Gasteiger partial charge on any atom is 0.446 e. The minimum absolute atomic E-state index is 0. The van der Waals surface area contributed by atoms with E-state index in [9.17, 15) is 28.8 Å². The van der Waals surface area contributed by atoms with Crippen molar-refractivity contribution in [3.8, 4) is 46.5 Å². The van der Waals surface area contributed by atoms with Crippen LogP contribution in [0.3, 0.4) is 0 Å². The van der Waals surface area contributed by atoms with Gasteiger partial charge in [0, 0.05) is 55.5 Å². The normalized spacial score (nSPS) is 11.9. The van der Waals surface area contributed by atoms with Crippen molar-refractivity contribution in [2.45, 2.75) is 66.9 Å². The fourth-order valence-corrected chi connectivity index (χ4v) is 10.4. The summed E-state index contributed by atoms with van der Waals surface area (Å²) in [6.45, 7) is 8.37. The molecular weight excluding hydrogens is 1170 g/mol. The molecule has 0 bridgehead atoms. The number of hydrogen-bond donors (Lipinski definition) is 1. The first-order valence-electron chi connectivity index (χ1n) is 24.5. The summed E-state index contributed by atoms with van der Waals surface area (Å²) >= 11 is 18.4. The number of aromatic carboxylic acids is 1. The molecule has 0 atom stereocenters. The van der Waals surface area contributed by atoms with E-state index in [1.165, 1.54) is 6.33 Å². The first-order valence-corrected chi connectivity index (χ1v) is 27.2. The second-order valence-electron chi connectivity index (χ2n) is 18.7. The van der Waals surface area contributed by atoms with Crippen molar-refractivity contribution in [2.75, 3.05) is 20.8 Å². The highest BCUT2D eigenvalue weighted by molar-refractivity contribution is 7.74. The molecule has 1 N–H and O–H groups in total. The Morgan fingerprint density at radius 3 is 1.62 bits per heavy atom. The van der Waals surface area contributed by atoms with E-state index in [2.05, 4.69) is 65.6 Å². The van der Waals surface area contributed by atoms with Gasteiger partial charge < -0.3 is 29.2 Å². The van der Waals surface area contributed by atoms with Crippen LogP contribution in [0.25, 0.3) is 39.7 Å². The van der Waals surface area contributed by atoms with Crippen molar-refractivity contribution in [3.05, 3.63) is 164 Å². The van der Waals surface area contributed by atoms with Gasteiger partial charge in [-0.15, -0.1) is 21.7 Å². The number of imidazole rings is 3. The predicted octanol–water partition coefficient (Wildman–Crippen LogP) is 8.17. The molecule has 0 saturated heterocycles. The monoisotopic (exact) mass is 1220 g/mol. The molecule has 0 spiro atoms. The van der Waals surface area contributed by atoms with Crippen molar-refractivity contribution < 1.29 is 52.2 Å². The third kappa shape index (κ3) is 11.9. The fourth-order valence-electron chi connectivity index (χ4n) is 8.90. The van der Waals surface area contributed by atoms with Gasteiger partial charge in [0.25, 0.3) is 0 Å². The average Bonchev–Trinajstić information content (AvgIpc) is 3.20. The third-order valence-electron chi connectivity index (χ3n) is 12.5. The minimum atomic E-state index is -3.70. The molecule has 3 aliphatic heterocycles. The van der Waals surface area contributed by atoms with Crippen molar-refractivity contribution >= 4 is 71.5 Å². The Hall–Kier alpha value is -9.25. The largest absolute Gasteiger partial charge is 0.476 e. The van der Waals surface area contributed by atoms with Crippen LogP contribution in [0.5, 0.6) is 0 Å². The van der Waals surface area contributed by atoms with Gasteiger partial charge in [0.2, 0.25) is 5.78 Å². The molecule has 0 unspecified atom stereocenters. The van der Waals surface area contributed by atoms with Crippen LogP contribution in [0.15, 0.2) is 86.0 Å². The van der Waals surface area contributed by atoms with Crippen LogP contribution in [0.4, 0.5) is 0 Å². The SMILES string of the molecule is C.C#Cc1ncn2c1Cc1cnnn1-c1cc(Cl)ccc1-2.CCOC(=O)c1nnn2c1Cc1c(C(=O)OC(C)(C)C)ncn1-c1ccc(Cl)cc1-2.COP(=O)(OC)C(=[N+]=[N-])C(C)=O.O=C(O)c1ncn2c1Cc1cnnn1-c1cc(Cl)ccc1-2. The number of carboxylic acid groups (broad SMARTS) is 1. The number of ketones is 1. The smallest absolute Gasteiger partial charge is 0.446 e. The zero-order valence-corrected chi connectivity index (χ0v) is 48.0. The molecule has 9 heterocycles. The number of Topliss-reactive ketones (excluding diaryl/α,β-unsaturated/α-hetero) is 1. The van der Waals surface area contributed by atoms with Gasteiger partial charge in [0.15, 0.2) is 17.1 Å². The molecular formula is C53H49Cl3N17O10P. The Balaban J connectivity index is 0.000000152. The zero-order chi connectivity index (χ0) is 59.7. The molecule has 84 heavy (non-hydrogen) atoms. The molecule has 0 radical (unpaired) electrons. The van der Waals surface area contributed by atoms with Crippen LogP contribution in [0.2, 0.25) is 15.1 Å². The van der Waals surface area contributed by atoms with E-state index in [1.807, 2.05) is 28.8 Å². The number of carbonyl (C=O) groups excluding carboxylic acids is 3. The molecule has 3 aromatic carbocycles. The zero-order valence-electron chi connectivity index (χ0n) is 44.8. The maximum atomic E-state index is 12.8. The number of hydrogen-bond acceptors (Lipinski definition) is 18. The van der Waals surface area contributed by atoms with E-state index in [4.69, 9.17) is 56.2 Å². The number of aromatic nitrogens is 15. The van der Waals surface area contributed by atoms with Gasteiger partial charge >= 0.3 is 31.0 Å². The Morgan fingerprint density at radius 2 is 1.17 bits per heavy atom. The van der Waals surface area contributed by atoms with Gasteiger partial charge in [-0.05, 0) is 88.2 Å². The van der Waals surface area contributed by atoms with Crippen LogP contribution in [-0.4, -0.2) is 139 Å². The highest BCUT2D eigenvalue weighted by atomic mass is 35.5. The number of terminal acetylenes is 1. The van der Waals surface area contributed by atoms with E-state index in [1.54, 1.807) is 106 Å². The molecule has 6 aromatic heterocycles. The Morgan fingerprint density at radius 1 is 0.690 bits per heavy atom. The molecule has 432 valence electrons. The first-order chi connectivity index (χ1) is 39.6. The van der Waals surface area contributed by atoms with E-state index in [-0.39, 0.29) is 37.5 Å². The van der Waals surface area contributed by atoms with Crippen LogP contribution in [0, 0.1) is 12.3 Å². The van der Waals surface area contributed by atoms with Gasteiger partial charge in [-0.25, -0.2) is 47.9 Å².